The van der Waals surface area contributed by atoms with E-state index in [1.807, 2.05) is 6.92 Å². The molecule has 3 heterocycles. The summed E-state index contributed by atoms with van der Waals surface area (Å²) in [6, 6.07) is -4.37. The Labute approximate surface area is 224 Å². The van der Waals surface area contributed by atoms with Crippen molar-refractivity contribution >= 4 is 23.7 Å². The van der Waals surface area contributed by atoms with Crippen LogP contribution in [-0.2, 0) is 38.4 Å². The van der Waals surface area contributed by atoms with Crippen molar-refractivity contribution < 1.29 is 24.3 Å². The second-order valence-corrected chi connectivity index (χ2v) is 9.28. The number of carbonyl (C=O) groups is 4. The van der Waals surface area contributed by atoms with E-state index in [4.69, 9.17) is 5.73 Å². The predicted molar refractivity (Wildman–Crippen MR) is 138 cm³/mol. The van der Waals surface area contributed by atoms with Crippen molar-refractivity contribution in [3.8, 4) is 0 Å². The van der Waals surface area contributed by atoms with Gasteiger partial charge in [-0.15, -0.1) is 0 Å². The fraction of sp³-hybridized carbons (Fsp3) is 0.458. The fourth-order valence-electron chi connectivity index (χ4n) is 3.86. The first-order chi connectivity index (χ1) is 18.7. The molecule has 0 bridgehead atoms. The number of amides is 3. The highest BCUT2D eigenvalue weighted by Gasteiger charge is 2.33. The summed E-state index contributed by atoms with van der Waals surface area (Å²) in [4.78, 5) is 71.6. The number of carboxylic acid groups (broad SMARTS) is 1. The van der Waals surface area contributed by atoms with Crippen LogP contribution in [-0.4, -0.2) is 82.9 Å². The molecule has 5 unspecified atom stereocenters. The van der Waals surface area contributed by atoms with Crippen LogP contribution in [0.15, 0.2) is 37.6 Å². The molecule has 0 saturated heterocycles. The number of aliphatic carboxylic acids is 1. The third kappa shape index (κ3) is 8.49. The van der Waals surface area contributed by atoms with Crippen LogP contribution in [0.25, 0.3) is 0 Å². The Balaban J connectivity index is 1.73. The predicted octanol–water partition coefficient (Wildman–Crippen LogP) is -1.20. The highest BCUT2D eigenvalue weighted by atomic mass is 16.4. The lowest BCUT2D eigenvalue weighted by atomic mass is 9.97. The summed E-state index contributed by atoms with van der Waals surface area (Å²) in [5.41, 5.74) is 7.78. The third-order valence-corrected chi connectivity index (χ3v) is 6.33. The minimum absolute atomic E-state index is 0.00841. The molecule has 5 atom stereocenters. The van der Waals surface area contributed by atoms with Gasteiger partial charge in [0.2, 0.25) is 17.7 Å². The molecule has 0 radical (unpaired) electrons. The molecule has 0 aliphatic carbocycles. The van der Waals surface area contributed by atoms with Gasteiger partial charge in [0.15, 0.2) is 0 Å². The van der Waals surface area contributed by atoms with E-state index in [0.29, 0.717) is 23.5 Å². The second-order valence-electron chi connectivity index (χ2n) is 9.28. The van der Waals surface area contributed by atoms with E-state index in [9.17, 15) is 24.3 Å². The number of nitrogens with zero attached hydrogens (tertiary/aromatic N) is 3. The lowest BCUT2D eigenvalue weighted by Crippen LogP contribution is -2.59. The number of rotatable bonds is 15. The number of hydrogen-bond donors (Lipinski definition) is 8. The third-order valence-electron chi connectivity index (χ3n) is 6.33. The van der Waals surface area contributed by atoms with E-state index in [1.165, 1.54) is 31.4 Å². The fourth-order valence-corrected chi connectivity index (χ4v) is 3.86. The molecule has 15 heteroatoms. The molecule has 210 valence electrons. The number of nitrogens with two attached hydrogens (primary N) is 1. The standard InChI is InChI=1S/C24H34N10O5/c1-3-13(2)20(34-21(35)17(25)4-14-7-26-10-29-14)23(37)32-18(5-15-8-27-11-30-15)22(36)33-19(24(38)39)6-16-9-28-12-31-16/h7-13,17-20H,3-6,25H2,1-2H3,(H,26,29)(H,27,30)(H,28,31)(H,32,37)(H,33,36)(H,34,35)(H,38,39). The van der Waals surface area contributed by atoms with Crippen LogP contribution in [0.2, 0.25) is 0 Å². The molecule has 0 aliphatic rings. The van der Waals surface area contributed by atoms with Gasteiger partial charge in [-0.05, 0) is 5.92 Å². The van der Waals surface area contributed by atoms with E-state index >= 15 is 0 Å². The van der Waals surface area contributed by atoms with E-state index in [-0.39, 0.29) is 25.2 Å². The number of aromatic amines is 3. The van der Waals surface area contributed by atoms with E-state index in [1.54, 1.807) is 13.1 Å². The van der Waals surface area contributed by atoms with Crippen LogP contribution in [0.1, 0.15) is 37.4 Å². The summed E-state index contributed by atoms with van der Waals surface area (Å²) < 4.78 is 0. The van der Waals surface area contributed by atoms with Crippen LogP contribution in [0, 0.1) is 5.92 Å². The molecular weight excluding hydrogens is 508 g/mol. The number of aromatic nitrogens is 6. The summed E-state index contributed by atoms with van der Waals surface area (Å²) in [5.74, 6) is -3.40. The van der Waals surface area contributed by atoms with Crippen LogP contribution < -0.4 is 21.7 Å². The Kier molecular flexibility index (Phi) is 10.3. The molecule has 0 aromatic carbocycles. The quantitative estimate of drug-likeness (QED) is 0.115. The van der Waals surface area contributed by atoms with Gasteiger partial charge in [-0.25, -0.2) is 19.7 Å². The van der Waals surface area contributed by atoms with Crippen molar-refractivity contribution in [3.63, 3.8) is 0 Å². The SMILES string of the molecule is CCC(C)C(NC(=O)C(N)Cc1cnc[nH]1)C(=O)NC(Cc1cnc[nH]1)C(=O)NC(Cc1cnc[nH]1)C(=O)O. The zero-order valence-electron chi connectivity index (χ0n) is 21.7. The largest absolute Gasteiger partial charge is 0.480 e. The highest BCUT2D eigenvalue weighted by Crippen LogP contribution is 2.11. The monoisotopic (exact) mass is 542 g/mol. The Morgan fingerprint density at radius 1 is 0.795 bits per heavy atom. The van der Waals surface area contributed by atoms with Crippen LogP contribution >= 0.6 is 0 Å². The normalized spacial score (nSPS) is 14.9. The maximum Gasteiger partial charge on any atom is 0.326 e. The molecule has 15 nitrogen and oxygen atoms in total. The molecule has 0 fully saturated rings. The van der Waals surface area contributed by atoms with Gasteiger partial charge in [0.1, 0.15) is 18.1 Å². The molecular formula is C24H34N10O5. The highest BCUT2D eigenvalue weighted by molar-refractivity contribution is 5.94. The Bertz CT molecular complexity index is 1200. The summed E-state index contributed by atoms with van der Waals surface area (Å²) in [6.07, 6.45) is 9.53. The first-order valence-corrected chi connectivity index (χ1v) is 12.5. The molecule has 3 aromatic heterocycles. The summed E-state index contributed by atoms with van der Waals surface area (Å²) in [5, 5.41) is 17.5. The van der Waals surface area contributed by atoms with E-state index < -0.39 is 47.9 Å². The van der Waals surface area contributed by atoms with Crippen LogP contribution in [0.4, 0.5) is 0 Å². The molecule has 9 N–H and O–H groups in total. The van der Waals surface area contributed by atoms with Gasteiger partial charge in [0.25, 0.3) is 0 Å². The Morgan fingerprint density at radius 2 is 1.28 bits per heavy atom. The van der Waals surface area contributed by atoms with Gasteiger partial charge < -0.3 is 41.7 Å². The van der Waals surface area contributed by atoms with Gasteiger partial charge in [-0.1, -0.05) is 20.3 Å². The first-order valence-electron chi connectivity index (χ1n) is 12.5. The van der Waals surface area contributed by atoms with E-state index in [2.05, 4.69) is 45.9 Å². The van der Waals surface area contributed by atoms with Gasteiger partial charge in [-0.3, -0.25) is 14.4 Å². The Morgan fingerprint density at radius 3 is 1.74 bits per heavy atom. The second kappa shape index (κ2) is 13.9. The van der Waals surface area contributed by atoms with Crippen molar-refractivity contribution in [2.75, 3.05) is 0 Å². The van der Waals surface area contributed by atoms with Gasteiger partial charge in [0.05, 0.1) is 25.0 Å². The lowest BCUT2D eigenvalue weighted by molar-refractivity contribution is -0.142. The zero-order chi connectivity index (χ0) is 28.4. The number of carbonyl (C=O) groups excluding carboxylic acids is 3. The number of nitrogens with one attached hydrogen (secondary N) is 6. The summed E-state index contributed by atoms with van der Waals surface area (Å²) in [7, 11) is 0. The van der Waals surface area contributed by atoms with Crippen molar-refractivity contribution in [2.45, 2.75) is 63.7 Å². The topological polar surface area (TPSA) is 237 Å². The van der Waals surface area contributed by atoms with Crippen molar-refractivity contribution in [1.29, 1.82) is 0 Å². The maximum absolute atomic E-state index is 13.4. The van der Waals surface area contributed by atoms with Gasteiger partial charge in [0, 0.05) is 54.9 Å². The van der Waals surface area contributed by atoms with E-state index in [0.717, 1.165) is 0 Å². The van der Waals surface area contributed by atoms with Crippen LogP contribution in [0.3, 0.4) is 0 Å². The Hall–Kier alpha value is -4.53. The van der Waals surface area contributed by atoms with Gasteiger partial charge >= 0.3 is 5.97 Å². The van der Waals surface area contributed by atoms with Crippen molar-refractivity contribution in [2.24, 2.45) is 11.7 Å². The minimum Gasteiger partial charge on any atom is -0.480 e. The smallest absolute Gasteiger partial charge is 0.326 e. The molecule has 3 rings (SSSR count). The molecule has 0 aliphatic heterocycles. The molecule has 3 amide bonds. The average molecular weight is 543 g/mol. The first kappa shape index (κ1) is 29.0. The number of hydrogen-bond acceptors (Lipinski definition) is 8. The lowest BCUT2D eigenvalue weighted by Gasteiger charge is -2.28. The average Bonchev–Trinajstić information content (AvgIpc) is 3.70. The maximum atomic E-state index is 13.4. The van der Waals surface area contributed by atoms with Gasteiger partial charge in [-0.2, -0.15) is 0 Å². The number of imidazole rings is 3. The summed E-state index contributed by atoms with van der Waals surface area (Å²) in [6.45, 7) is 3.66. The minimum atomic E-state index is -1.27. The summed E-state index contributed by atoms with van der Waals surface area (Å²) >= 11 is 0. The van der Waals surface area contributed by atoms with Crippen LogP contribution in [0.5, 0.6) is 0 Å². The molecule has 39 heavy (non-hydrogen) atoms. The van der Waals surface area contributed by atoms with Crippen molar-refractivity contribution in [1.82, 2.24) is 45.9 Å². The number of carboxylic acids is 1. The molecule has 0 spiro atoms. The molecule has 0 saturated carbocycles. The van der Waals surface area contributed by atoms with Crippen molar-refractivity contribution in [3.05, 3.63) is 54.7 Å². The molecule has 3 aromatic rings. The zero-order valence-corrected chi connectivity index (χ0v) is 21.7. The number of H-pyrrole nitrogens is 3.